The summed E-state index contributed by atoms with van der Waals surface area (Å²) in [5, 5.41) is 9.05. The van der Waals surface area contributed by atoms with Crippen LogP contribution in [0.3, 0.4) is 0 Å². The van der Waals surface area contributed by atoms with Crippen LogP contribution in [-0.4, -0.2) is 31.6 Å². The lowest BCUT2D eigenvalue weighted by Crippen LogP contribution is -2.34. The number of benzene rings is 2. The highest BCUT2D eigenvalue weighted by Gasteiger charge is 2.37. The molecule has 0 radical (unpaired) electrons. The van der Waals surface area contributed by atoms with Crippen molar-refractivity contribution in [3.05, 3.63) is 84.0 Å². The SMILES string of the molecule is NNC=Nc1cccc(S(=O)(=O)CC2(c3ccccc3)C=CC=C(CCC(=O)O)C2)c1. The quantitative estimate of drug-likeness (QED) is 0.239. The van der Waals surface area contributed by atoms with Gasteiger partial charge in [0.15, 0.2) is 9.84 Å². The Balaban J connectivity index is 1.97. The topological polar surface area (TPSA) is 122 Å². The molecule has 3 rings (SSSR count). The summed E-state index contributed by atoms with van der Waals surface area (Å²) in [5.74, 6) is 4.17. The number of carboxylic acid groups (broad SMARTS) is 1. The van der Waals surface area contributed by atoms with Crippen LogP contribution in [0.2, 0.25) is 0 Å². The second-order valence-electron chi connectivity index (χ2n) is 7.46. The first kappa shape index (κ1) is 22.5. The van der Waals surface area contributed by atoms with Gasteiger partial charge in [-0.1, -0.05) is 60.2 Å². The molecule has 0 spiro atoms. The summed E-state index contributed by atoms with van der Waals surface area (Å²) in [6.07, 6.45) is 7.72. The molecule has 0 heterocycles. The normalized spacial score (nSPS) is 18.7. The fourth-order valence-corrected chi connectivity index (χ4v) is 5.57. The lowest BCUT2D eigenvalue weighted by atomic mass is 9.74. The van der Waals surface area contributed by atoms with Crippen molar-refractivity contribution in [1.82, 2.24) is 5.43 Å². The summed E-state index contributed by atoms with van der Waals surface area (Å²) in [7, 11) is -3.69. The summed E-state index contributed by atoms with van der Waals surface area (Å²) < 4.78 is 26.9. The molecule has 4 N–H and O–H groups in total. The van der Waals surface area contributed by atoms with E-state index in [1.807, 2.05) is 48.6 Å². The van der Waals surface area contributed by atoms with Crippen molar-refractivity contribution in [1.29, 1.82) is 0 Å². The molecule has 0 bridgehead atoms. The number of sulfone groups is 1. The van der Waals surface area contributed by atoms with Crippen LogP contribution in [0.1, 0.15) is 24.8 Å². The number of hydrogen-bond donors (Lipinski definition) is 3. The van der Waals surface area contributed by atoms with Crippen molar-refractivity contribution < 1.29 is 18.3 Å². The number of nitrogens with two attached hydrogens (primary N) is 1. The minimum Gasteiger partial charge on any atom is -0.481 e. The Kier molecular flexibility index (Phi) is 7.04. The van der Waals surface area contributed by atoms with Crippen LogP contribution in [0.15, 0.2) is 88.3 Å². The Morgan fingerprint density at radius 2 is 1.97 bits per heavy atom. The lowest BCUT2D eigenvalue weighted by Gasteiger charge is -2.34. The van der Waals surface area contributed by atoms with Gasteiger partial charge in [-0.25, -0.2) is 19.3 Å². The van der Waals surface area contributed by atoms with Gasteiger partial charge < -0.3 is 10.5 Å². The van der Waals surface area contributed by atoms with Crippen LogP contribution < -0.4 is 11.3 Å². The zero-order chi connectivity index (χ0) is 22.3. The summed E-state index contributed by atoms with van der Waals surface area (Å²) in [4.78, 5) is 15.3. The monoisotopic (exact) mass is 439 g/mol. The maximum Gasteiger partial charge on any atom is 0.303 e. The average Bonchev–Trinajstić information content (AvgIpc) is 2.77. The molecule has 0 aliphatic heterocycles. The Hall–Kier alpha value is -3.23. The highest BCUT2D eigenvalue weighted by Crippen LogP contribution is 2.39. The Bertz CT molecular complexity index is 1120. The predicted octanol–water partition coefficient (Wildman–Crippen LogP) is 3.27. The average molecular weight is 440 g/mol. The zero-order valence-electron chi connectivity index (χ0n) is 16.9. The summed E-state index contributed by atoms with van der Waals surface area (Å²) in [6.45, 7) is 0. The minimum absolute atomic E-state index is 0.00647. The third-order valence-electron chi connectivity index (χ3n) is 5.21. The number of carboxylic acids is 1. The number of nitrogens with zero attached hydrogens (tertiary/aromatic N) is 1. The van der Waals surface area contributed by atoms with E-state index in [1.165, 1.54) is 12.4 Å². The van der Waals surface area contributed by atoms with Gasteiger partial charge in [0, 0.05) is 11.8 Å². The molecule has 1 atom stereocenters. The molecule has 2 aromatic carbocycles. The van der Waals surface area contributed by atoms with E-state index in [1.54, 1.807) is 18.2 Å². The standard InChI is InChI=1S/C23H25N3O4S/c24-26-17-25-20-9-4-10-21(14-20)31(29,30)16-23(19-7-2-1-3-8-19)13-5-6-18(15-23)11-12-22(27)28/h1-10,13-14,17H,11-12,15-16,24H2,(H,25,26)(H,27,28). The summed E-state index contributed by atoms with van der Waals surface area (Å²) >= 11 is 0. The molecule has 2 aromatic rings. The van der Waals surface area contributed by atoms with Gasteiger partial charge in [0.05, 0.1) is 16.3 Å². The van der Waals surface area contributed by atoms with Gasteiger partial charge in [0.1, 0.15) is 6.34 Å². The van der Waals surface area contributed by atoms with E-state index in [2.05, 4.69) is 10.4 Å². The van der Waals surface area contributed by atoms with E-state index in [9.17, 15) is 13.2 Å². The zero-order valence-corrected chi connectivity index (χ0v) is 17.8. The molecule has 31 heavy (non-hydrogen) atoms. The van der Waals surface area contributed by atoms with E-state index in [4.69, 9.17) is 10.9 Å². The lowest BCUT2D eigenvalue weighted by molar-refractivity contribution is -0.136. The first-order chi connectivity index (χ1) is 14.8. The van der Waals surface area contributed by atoms with Gasteiger partial charge in [-0.05, 0) is 36.6 Å². The van der Waals surface area contributed by atoms with Gasteiger partial charge >= 0.3 is 5.97 Å². The molecule has 8 heteroatoms. The fraction of sp³-hybridized carbons (Fsp3) is 0.217. The summed E-state index contributed by atoms with van der Waals surface area (Å²) in [6, 6.07) is 15.8. The molecule has 0 saturated heterocycles. The molecular weight excluding hydrogens is 414 g/mol. The number of rotatable bonds is 9. The van der Waals surface area contributed by atoms with Crippen molar-refractivity contribution >= 4 is 27.8 Å². The number of hydrogen-bond acceptors (Lipinski definition) is 5. The van der Waals surface area contributed by atoms with Gasteiger partial charge in [0.25, 0.3) is 0 Å². The third-order valence-corrected chi connectivity index (χ3v) is 7.08. The van der Waals surface area contributed by atoms with Crippen LogP contribution in [0, 0.1) is 0 Å². The number of aliphatic imine (C=N–C) groups is 1. The second kappa shape index (κ2) is 9.72. The molecule has 162 valence electrons. The first-order valence-corrected chi connectivity index (χ1v) is 11.5. The highest BCUT2D eigenvalue weighted by molar-refractivity contribution is 7.91. The first-order valence-electron chi connectivity index (χ1n) is 9.81. The van der Waals surface area contributed by atoms with E-state index in [-0.39, 0.29) is 17.1 Å². The van der Waals surface area contributed by atoms with Crippen LogP contribution in [0.25, 0.3) is 0 Å². The van der Waals surface area contributed by atoms with E-state index in [0.29, 0.717) is 18.5 Å². The molecular formula is C23H25N3O4S. The maximum atomic E-state index is 13.4. The van der Waals surface area contributed by atoms with Gasteiger partial charge in [-0.3, -0.25) is 4.79 Å². The van der Waals surface area contributed by atoms with Gasteiger partial charge in [-0.2, -0.15) is 0 Å². The third kappa shape index (κ3) is 5.68. The Labute approximate surface area is 181 Å². The second-order valence-corrected chi connectivity index (χ2v) is 9.45. The molecule has 0 saturated carbocycles. The van der Waals surface area contributed by atoms with E-state index in [0.717, 1.165) is 11.1 Å². The predicted molar refractivity (Wildman–Crippen MR) is 121 cm³/mol. The van der Waals surface area contributed by atoms with Crippen molar-refractivity contribution in [3.8, 4) is 0 Å². The van der Waals surface area contributed by atoms with Crippen molar-refractivity contribution in [2.24, 2.45) is 10.8 Å². The molecule has 1 aliphatic carbocycles. The van der Waals surface area contributed by atoms with E-state index >= 15 is 0 Å². The van der Waals surface area contributed by atoms with Gasteiger partial charge in [-0.15, -0.1) is 0 Å². The number of allylic oxidation sites excluding steroid dienone is 4. The molecule has 0 amide bonds. The van der Waals surface area contributed by atoms with E-state index < -0.39 is 21.2 Å². The van der Waals surface area contributed by atoms with Crippen molar-refractivity contribution in [3.63, 3.8) is 0 Å². The molecule has 7 nitrogen and oxygen atoms in total. The molecule has 1 unspecified atom stereocenters. The number of aliphatic carboxylic acids is 1. The molecule has 0 fully saturated rings. The van der Waals surface area contributed by atoms with Gasteiger partial charge in [0.2, 0.25) is 0 Å². The van der Waals surface area contributed by atoms with Crippen LogP contribution in [0.5, 0.6) is 0 Å². The molecule has 0 aromatic heterocycles. The highest BCUT2D eigenvalue weighted by atomic mass is 32.2. The Morgan fingerprint density at radius 3 is 2.68 bits per heavy atom. The largest absolute Gasteiger partial charge is 0.481 e. The Morgan fingerprint density at radius 1 is 1.19 bits per heavy atom. The summed E-state index contributed by atoms with van der Waals surface area (Å²) in [5.41, 5.74) is 3.76. The fourth-order valence-electron chi connectivity index (χ4n) is 3.77. The van der Waals surface area contributed by atoms with Crippen LogP contribution in [-0.2, 0) is 20.0 Å². The van der Waals surface area contributed by atoms with Crippen LogP contribution >= 0.6 is 0 Å². The molecule has 1 aliphatic rings. The number of hydrazine groups is 1. The maximum absolute atomic E-state index is 13.4. The number of nitrogens with one attached hydrogen (secondary N) is 1. The van der Waals surface area contributed by atoms with Crippen LogP contribution in [0.4, 0.5) is 5.69 Å². The number of carbonyl (C=O) groups is 1. The van der Waals surface area contributed by atoms with Crippen molar-refractivity contribution in [2.45, 2.75) is 29.6 Å². The smallest absolute Gasteiger partial charge is 0.303 e. The van der Waals surface area contributed by atoms with Crippen molar-refractivity contribution in [2.75, 3.05) is 5.75 Å². The minimum atomic E-state index is -3.69.